The first-order valence-corrected chi connectivity index (χ1v) is 6.04. The molecule has 108 valence electrons. The Bertz CT molecular complexity index is 482. The van der Waals surface area contributed by atoms with Crippen molar-refractivity contribution in [3.05, 3.63) is 36.4 Å². The third kappa shape index (κ3) is 5.43. The molecule has 0 aliphatic carbocycles. The van der Waals surface area contributed by atoms with Gasteiger partial charge in [0.2, 0.25) is 0 Å². The lowest BCUT2D eigenvalue weighted by molar-refractivity contribution is -0.138. The van der Waals surface area contributed by atoms with Crippen LogP contribution in [-0.2, 0) is 9.53 Å². The predicted octanol–water partition coefficient (Wildman–Crippen LogP) is 1.94. The van der Waals surface area contributed by atoms with Crippen LogP contribution in [0.1, 0.15) is 6.92 Å². The van der Waals surface area contributed by atoms with Gasteiger partial charge in [-0.15, -0.1) is 0 Å². The van der Waals surface area contributed by atoms with Crippen LogP contribution in [0.25, 0.3) is 0 Å². The lowest BCUT2D eigenvalue weighted by atomic mass is 10.3. The lowest BCUT2D eigenvalue weighted by Crippen LogP contribution is -2.32. The van der Waals surface area contributed by atoms with Crippen molar-refractivity contribution < 1.29 is 19.1 Å². The number of urea groups is 1. The molecule has 6 nitrogen and oxygen atoms in total. The minimum Gasteiger partial charge on any atom is -0.497 e. The number of methoxy groups -OCH3 is 1. The van der Waals surface area contributed by atoms with Crippen molar-refractivity contribution in [3.63, 3.8) is 0 Å². The van der Waals surface area contributed by atoms with Crippen LogP contribution in [-0.4, -0.2) is 32.3 Å². The van der Waals surface area contributed by atoms with Crippen molar-refractivity contribution in [1.82, 2.24) is 5.32 Å². The molecule has 1 rings (SSSR count). The molecule has 2 N–H and O–H groups in total. The maximum Gasteiger partial charge on any atom is 0.333 e. The Morgan fingerprint density at radius 3 is 2.45 bits per heavy atom. The fourth-order valence-corrected chi connectivity index (χ4v) is 1.28. The van der Waals surface area contributed by atoms with Crippen molar-refractivity contribution in [2.45, 2.75) is 6.92 Å². The molecule has 0 radical (unpaired) electrons. The Balaban J connectivity index is 2.26. The van der Waals surface area contributed by atoms with Crippen LogP contribution >= 0.6 is 0 Å². The molecular formula is C14H18N2O4. The zero-order chi connectivity index (χ0) is 15.0. The summed E-state index contributed by atoms with van der Waals surface area (Å²) in [6, 6.07) is 6.55. The van der Waals surface area contributed by atoms with Gasteiger partial charge in [-0.2, -0.15) is 0 Å². The molecule has 0 heterocycles. The summed E-state index contributed by atoms with van der Waals surface area (Å²) in [7, 11) is 1.57. The number of esters is 1. The van der Waals surface area contributed by atoms with Crippen LogP contribution in [0.5, 0.6) is 5.75 Å². The van der Waals surface area contributed by atoms with Crippen LogP contribution in [0.2, 0.25) is 0 Å². The van der Waals surface area contributed by atoms with E-state index in [-0.39, 0.29) is 19.2 Å². The van der Waals surface area contributed by atoms with Gasteiger partial charge < -0.3 is 20.1 Å². The normalized spacial score (nSPS) is 9.50. The van der Waals surface area contributed by atoms with Gasteiger partial charge in [-0.1, -0.05) is 6.58 Å². The second-order valence-electron chi connectivity index (χ2n) is 4.03. The molecule has 0 fully saturated rings. The number of carbonyl (C=O) groups excluding carboxylic acids is 2. The van der Waals surface area contributed by atoms with Crippen molar-refractivity contribution in [2.75, 3.05) is 25.6 Å². The molecule has 2 amide bonds. The fraction of sp³-hybridized carbons (Fsp3) is 0.286. The highest BCUT2D eigenvalue weighted by atomic mass is 16.5. The van der Waals surface area contributed by atoms with Crippen molar-refractivity contribution >= 4 is 17.7 Å². The molecule has 0 unspecified atom stereocenters. The molecule has 0 aromatic heterocycles. The highest BCUT2D eigenvalue weighted by molar-refractivity contribution is 5.89. The number of ether oxygens (including phenoxy) is 2. The van der Waals surface area contributed by atoms with E-state index in [2.05, 4.69) is 17.2 Å². The zero-order valence-corrected chi connectivity index (χ0v) is 11.6. The van der Waals surface area contributed by atoms with E-state index >= 15 is 0 Å². The van der Waals surface area contributed by atoms with Crippen molar-refractivity contribution in [2.24, 2.45) is 0 Å². The van der Waals surface area contributed by atoms with Gasteiger partial charge in [0.1, 0.15) is 12.4 Å². The molecule has 0 saturated heterocycles. The van der Waals surface area contributed by atoms with Gasteiger partial charge in [-0.25, -0.2) is 9.59 Å². The summed E-state index contributed by atoms with van der Waals surface area (Å²) in [6.07, 6.45) is 0. The number of carbonyl (C=O) groups is 2. The largest absolute Gasteiger partial charge is 0.497 e. The Kier molecular flexibility index (Phi) is 6.09. The summed E-state index contributed by atoms with van der Waals surface area (Å²) < 4.78 is 9.85. The fourth-order valence-electron chi connectivity index (χ4n) is 1.28. The van der Waals surface area contributed by atoms with E-state index in [9.17, 15) is 9.59 Å². The molecule has 6 heteroatoms. The standard InChI is InChI=1S/C14H18N2O4/c1-10(2)13(17)20-9-8-15-14(18)16-11-4-6-12(19-3)7-5-11/h4-7H,1,8-9H2,2-3H3,(H2,15,16,18). The van der Waals surface area contributed by atoms with Gasteiger partial charge >= 0.3 is 12.0 Å². The van der Waals surface area contributed by atoms with E-state index < -0.39 is 5.97 Å². The highest BCUT2D eigenvalue weighted by Crippen LogP contribution is 2.14. The zero-order valence-electron chi connectivity index (χ0n) is 11.6. The average Bonchev–Trinajstić information content (AvgIpc) is 2.44. The van der Waals surface area contributed by atoms with E-state index in [1.807, 2.05) is 0 Å². The van der Waals surface area contributed by atoms with E-state index in [0.717, 1.165) is 0 Å². The second kappa shape index (κ2) is 7.83. The molecule has 0 spiro atoms. The summed E-state index contributed by atoms with van der Waals surface area (Å²) in [4.78, 5) is 22.6. The molecule has 20 heavy (non-hydrogen) atoms. The third-order valence-electron chi connectivity index (χ3n) is 2.32. The van der Waals surface area contributed by atoms with Gasteiger partial charge in [0, 0.05) is 11.3 Å². The maximum atomic E-state index is 11.5. The molecule has 1 aromatic carbocycles. The quantitative estimate of drug-likeness (QED) is 0.473. The van der Waals surface area contributed by atoms with Crippen LogP contribution < -0.4 is 15.4 Å². The average molecular weight is 278 g/mol. The van der Waals surface area contributed by atoms with E-state index in [1.54, 1.807) is 38.3 Å². The smallest absolute Gasteiger partial charge is 0.333 e. The first kappa shape index (κ1) is 15.6. The maximum absolute atomic E-state index is 11.5. The third-order valence-corrected chi connectivity index (χ3v) is 2.32. The van der Waals surface area contributed by atoms with Gasteiger partial charge in [0.15, 0.2) is 0 Å². The molecule has 0 saturated carbocycles. The molecule has 1 aromatic rings. The van der Waals surface area contributed by atoms with E-state index in [0.29, 0.717) is 17.0 Å². The molecule has 0 bridgehead atoms. The summed E-state index contributed by atoms with van der Waals surface area (Å²) in [5.74, 6) is 0.241. The van der Waals surface area contributed by atoms with E-state index in [1.165, 1.54) is 0 Å². The monoisotopic (exact) mass is 278 g/mol. The summed E-state index contributed by atoms with van der Waals surface area (Å²) in [5.41, 5.74) is 0.968. The van der Waals surface area contributed by atoms with Crippen LogP contribution in [0.3, 0.4) is 0 Å². The SMILES string of the molecule is C=C(C)C(=O)OCCNC(=O)Nc1ccc(OC)cc1. The first-order valence-electron chi connectivity index (χ1n) is 6.04. The topological polar surface area (TPSA) is 76.7 Å². The second-order valence-corrected chi connectivity index (χ2v) is 4.03. The Morgan fingerprint density at radius 2 is 1.90 bits per heavy atom. The van der Waals surface area contributed by atoms with Crippen molar-refractivity contribution in [3.8, 4) is 5.75 Å². The molecular weight excluding hydrogens is 260 g/mol. The minimum atomic E-state index is -0.470. The van der Waals surface area contributed by atoms with Gasteiger partial charge in [0.25, 0.3) is 0 Å². The number of hydrogen-bond acceptors (Lipinski definition) is 4. The molecule has 0 aliphatic rings. The number of amides is 2. The first-order chi connectivity index (χ1) is 9.52. The predicted molar refractivity (Wildman–Crippen MR) is 75.8 cm³/mol. The number of anilines is 1. The summed E-state index contributed by atoms with van der Waals surface area (Å²) in [5, 5.41) is 5.21. The number of rotatable bonds is 6. The highest BCUT2D eigenvalue weighted by Gasteiger charge is 2.04. The van der Waals surface area contributed by atoms with Crippen LogP contribution in [0.4, 0.5) is 10.5 Å². The lowest BCUT2D eigenvalue weighted by Gasteiger charge is -2.08. The summed E-state index contributed by atoms with van der Waals surface area (Å²) >= 11 is 0. The van der Waals surface area contributed by atoms with E-state index in [4.69, 9.17) is 9.47 Å². The van der Waals surface area contributed by atoms with Crippen LogP contribution in [0, 0.1) is 0 Å². The van der Waals surface area contributed by atoms with Gasteiger partial charge in [-0.05, 0) is 31.2 Å². The van der Waals surface area contributed by atoms with Crippen molar-refractivity contribution in [1.29, 1.82) is 0 Å². The number of benzene rings is 1. The van der Waals surface area contributed by atoms with Gasteiger partial charge in [0.05, 0.1) is 13.7 Å². The molecule has 0 atom stereocenters. The molecule has 0 aliphatic heterocycles. The Labute approximate surface area is 117 Å². The Morgan fingerprint density at radius 1 is 1.25 bits per heavy atom. The number of nitrogens with one attached hydrogen (secondary N) is 2. The minimum absolute atomic E-state index is 0.0989. The summed E-state index contributed by atoms with van der Waals surface area (Å²) in [6.45, 7) is 5.34. The van der Waals surface area contributed by atoms with Crippen LogP contribution in [0.15, 0.2) is 36.4 Å². The Hall–Kier alpha value is -2.50. The number of hydrogen-bond donors (Lipinski definition) is 2. The van der Waals surface area contributed by atoms with Gasteiger partial charge in [-0.3, -0.25) is 0 Å².